The van der Waals surface area contributed by atoms with E-state index in [-0.39, 0.29) is 28.7 Å². The fourth-order valence-corrected chi connectivity index (χ4v) is 6.91. The largest absolute Gasteiger partial charge is 0.316 e. The van der Waals surface area contributed by atoms with Crippen LogP contribution in [0.2, 0.25) is 10.0 Å². The van der Waals surface area contributed by atoms with Crippen molar-refractivity contribution in [3.8, 4) is 0 Å². The molecular formula is C14H14Cl2N2O3S2. The summed E-state index contributed by atoms with van der Waals surface area (Å²) in [5.41, 5.74) is 0.694. The van der Waals surface area contributed by atoms with Crippen LogP contribution in [0.25, 0.3) is 0 Å². The Balaban J connectivity index is 2.04. The smallest absolute Gasteiger partial charge is 0.247 e. The fraction of sp³-hybridized carbons (Fsp3) is 0.429. The first kappa shape index (κ1) is 17.1. The van der Waals surface area contributed by atoms with Crippen molar-refractivity contribution in [1.82, 2.24) is 0 Å². The molecule has 1 aromatic carbocycles. The molecule has 5 nitrogen and oxygen atoms in total. The predicted octanol–water partition coefficient (Wildman–Crippen LogP) is 3.00. The number of thioether (sulfide) groups is 1. The minimum absolute atomic E-state index is 0.0459. The molecule has 0 spiro atoms. The summed E-state index contributed by atoms with van der Waals surface area (Å²) in [6.07, 6.45) is 0.299. The van der Waals surface area contributed by atoms with Gasteiger partial charge >= 0.3 is 0 Å². The average Bonchev–Trinajstić information content (AvgIpc) is 2.93. The van der Waals surface area contributed by atoms with Gasteiger partial charge in [0.15, 0.2) is 15.0 Å². The maximum absolute atomic E-state index is 11.9. The maximum atomic E-state index is 11.9. The third-order valence-corrected chi connectivity index (χ3v) is 7.72. The molecule has 0 N–H and O–H groups in total. The van der Waals surface area contributed by atoms with Gasteiger partial charge < -0.3 is 4.90 Å². The zero-order valence-corrected chi connectivity index (χ0v) is 15.3. The predicted molar refractivity (Wildman–Crippen MR) is 95.5 cm³/mol. The third-order valence-electron chi connectivity index (χ3n) is 3.77. The monoisotopic (exact) mass is 392 g/mol. The minimum atomic E-state index is -3.08. The number of carbonyl (C=O) groups excluding carboxylic acids is 1. The van der Waals surface area contributed by atoms with E-state index in [1.54, 1.807) is 30.0 Å². The van der Waals surface area contributed by atoms with Crippen LogP contribution in [0.1, 0.15) is 13.3 Å². The first-order chi connectivity index (χ1) is 10.8. The van der Waals surface area contributed by atoms with E-state index in [4.69, 9.17) is 23.2 Å². The summed E-state index contributed by atoms with van der Waals surface area (Å²) in [6, 6.07) is 4.84. The Morgan fingerprint density at radius 1 is 1.35 bits per heavy atom. The van der Waals surface area contributed by atoms with Crippen molar-refractivity contribution >= 4 is 61.6 Å². The molecule has 1 amide bonds. The van der Waals surface area contributed by atoms with Crippen LogP contribution in [0.3, 0.4) is 0 Å². The standard InChI is InChI=1S/C14H14Cl2N2O3S2/c1-2-13(19)17-14-18(8-3-4-9(15)10(16)5-8)11-6-23(20,21)7-12(11)22-14/h3-5,11-12H,2,6-7H2,1H3/t11-,12-/m0/s1. The Kier molecular flexibility index (Phi) is 4.66. The zero-order chi connectivity index (χ0) is 16.8. The van der Waals surface area contributed by atoms with Crippen LogP contribution < -0.4 is 4.90 Å². The molecule has 0 bridgehead atoms. The summed E-state index contributed by atoms with van der Waals surface area (Å²) in [6.45, 7) is 1.74. The molecule has 0 unspecified atom stereocenters. The van der Waals surface area contributed by atoms with Gasteiger partial charge in [0, 0.05) is 17.4 Å². The molecule has 9 heteroatoms. The summed E-state index contributed by atoms with van der Waals surface area (Å²) in [4.78, 5) is 17.7. The van der Waals surface area contributed by atoms with Gasteiger partial charge in [-0.1, -0.05) is 41.9 Å². The lowest BCUT2D eigenvalue weighted by molar-refractivity contribution is -0.117. The molecule has 1 aromatic rings. The van der Waals surface area contributed by atoms with E-state index in [1.165, 1.54) is 11.8 Å². The van der Waals surface area contributed by atoms with Gasteiger partial charge in [0.1, 0.15) is 0 Å². The Morgan fingerprint density at radius 2 is 2.09 bits per heavy atom. The number of fused-ring (bicyclic) bond motifs is 1. The van der Waals surface area contributed by atoms with E-state index in [9.17, 15) is 13.2 Å². The van der Waals surface area contributed by atoms with Crippen molar-refractivity contribution < 1.29 is 13.2 Å². The van der Waals surface area contributed by atoms with Crippen LogP contribution in [-0.2, 0) is 14.6 Å². The number of amidine groups is 1. The number of anilines is 1. The molecule has 0 radical (unpaired) electrons. The van der Waals surface area contributed by atoms with Crippen LogP contribution in [-0.4, -0.2) is 42.3 Å². The summed E-state index contributed by atoms with van der Waals surface area (Å²) in [7, 11) is -3.08. The second-order valence-electron chi connectivity index (χ2n) is 5.41. The Bertz CT molecular complexity index is 795. The summed E-state index contributed by atoms with van der Waals surface area (Å²) in [5.74, 6) is -0.0932. The van der Waals surface area contributed by atoms with E-state index in [1.807, 2.05) is 0 Å². The zero-order valence-electron chi connectivity index (χ0n) is 12.2. The number of halogens is 2. The highest BCUT2D eigenvalue weighted by molar-refractivity contribution is 8.16. The summed E-state index contributed by atoms with van der Waals surface area (Å²) >= 11 is 13.4. The third kappa shape index (κ3) is 3.38. The number of benzene rings is 1. The van der Waals surface area contributed by atoms with Crippen molar-refractivity contribution in [3.05, 3.63) is 28.2 Å². The molecule has 2 fully saturated rings. The molecule has 23 heavy (non-hydrogen) atoms. The van der Waals surface area contributed by atoms with Gasteiger partial charge in [-0.05, 0) is 18.2 Å². The van der Waals surface area contributed by atoms with Gasteiger partial charge in [-0.3, -0.25) is 4.79 Å². The lowest BCUT2D eigenvalue weighted by Gasteiger charge is -2.24. The number of hydrogen-bond acceptors (Lipinski definition) is 4. The second-order valence-corrected chi connectivity index (χ2v) is 9.59. The number of carbonyl (C=O) groups is 1. The Morgan fingerprint density at radius 3 is 2.74 bits per heavy atom. The normalized spacial score (nSPS) is 27.4. The number of sulfone groups is 1. The van der Waals surface area contributed by atoms with E-state index in [0.29, 0.717) is 27.3 Å². The second kappa shape index (κ2) is 6.27. The van der Waals surface area contributed by atoms with Crippen LogP contribution in [0.15, 0.2) is 23.2 Å². The fourth-order valence-electron chi connectivity index (χ4n) is 2.69. The van der Waals surface area contributed by atoms with E-state index in [0.717, 1.165) is 0 Å². The lowest BCUT2D eigenvalue weighted by Crippen LogP contribution is -2.37. The van der Waals surface area contributed by atoms with Gasteiger partial charge in [0.25, 0.3) is 0 Å². The first-order valence-electron chi connectivity index (χ1n) is 7.03. The van der Waals surface area contributed by atoms with E-state index < -0.39 is 9.84 Å². The van der Waals surface area contributed by atoms with Crippen molar-refractivity contribution in [1.29, 1.82) is 0 Å². The molecule has 0 aromatic heterocycles. The number of rotatable bonds is 2. The topological polar surface area (TPSA) is 66.8 Å². The van der Waals surface area contributed by atoms with Crippen LogP contribution in [0.4, 0.5) is 5.69 Å². The first-order valence-corrected chi connectivity index (χ1v) is 10.5. The number of nitrogens with zero attached hydrogens (tertiary/aromatic N) is 2. The molecule has 2 aliphatic rings. The van der Waals surface area contributed by atoms with Crippen molar-refractivity contribution in [2.45, 2.75) is 24.6 Å². The Hall–Kier alpha value is -0.760. The highest BCUT2D eigenvalue weighted by Gasteiger charge is 2.49. The maximum Gasteiger partial charge on any atom is 0.247 e. The molecule has 2 heterocycles. The minimum Gasteiger partial charge on any atom is -0.316 e. The molecule has 2 saturated heterocycles. The van der Waals surface area contributed by atoms with Gasteiger partial charge in [0.05, 0.1) is 27.6 Å². The summed E-state index contributed by atoms with van der Waals surface area (Å²) < 4.78 is 23.9. The number of aliphatic imine (C=N–C) groups is 1. The molecular weight excluding hydrogens is 379 g/mol. The number of amides is 1. The SMILES string of the molecule is CCC(=O)N=C1S[C@H]2CS(=O)(=O)C[C@@H]2N1c1ccc(Cl)c(Cl)c1. The van der Waals surface area contributed by atoms with E-state index >= 15 is 0 Å². The number of hydrogen-bond donors (Lipinski definition) is 0. The summed E-state index contributed by atoms with van der Waals surface area (Å²) in [5, 5.41) is 1.19. The average molecular weight is 393 g/mol. The van der Waals surface area contributed by atoms with Crippen LogP contribution in [0, 0.1) is 0 Å². The van der Waals surface area contributed by atoms with Gasteiger partial charge in [-0.2, -0.15) is 4.99 Å². The highest BCUT2D eigenvalue weighted by Crippen LogP contribution is 2.42. The van der Waals surface area contributed by atoms with Crippen molar-refractivity contribution in [2.24, 2.45) is 4.99 Å². The molecule has 0 saturated carbocycles. The molecule has 2 aliphatic heterocycles. The van der Waals surface area contributed by atoms with Crippen LogP contribution in [0.5, 0.6) is 0 Å². The molecule has 124 valence electrons. The van der Waals surface area contributed by atoms with E-state index in [2.05, 4.69) is 4.99 Å². The van der Waals surface area contributed by atoms with Crippen molar-refractivity contribution in [3.63, 3.8) is 0 Å². The molecule has 0 aliphatic carbocycles. The highest BCUT2D eigenvalue weighted by atomic mass is 35.5. The lowest BCUT2D eigenvalue weighted by atomic mass is 10.2. The van der Waals surface area contributed by atoms with Crippen molar-refractivity contribution in [2.75, 3.05) is 16.4 Å². The van der Waals surface area contributed by atoms with Gasteiger partial charge in [0.2, 0.25) is 5.91 Å². The van der Waals surface area contributed by atoms with Gasteiger partial charge in [-0.25, -0.2) is 8.42 Å². The molecule has 3 rings (SSSR count). The van der Waals surface area contributed by atoms with Gasteiger partial charge in [-0.15, -0.1) is 0 Å². The Labute approximate surface area is 149 Å². The quantitative estimate of drug-likeness (QED) is 0.773. The molecule has 2 atom stereocenters. The van der Waals surface area contributed by atoms with Crippen LogP contribution >= 0.6 is 35.0 Å².